The second-order valence-electron chi connectivity index (χ2n) is 22.3. The number of carbonyl (C=O) groups excluding carboxylic acids is 3. The smallest absolute Gasteiger partial charge is 0.302 e. The van der Waals surface area contributed by atoms with Crippen LogP contribution < -0.4 is 0 Å². The van der Waals surface area contributed by atoms with Gasteiger partial charge in [0.15, 0.2) is 12.6 Å². The number of aliphatic hydroxyl groups is 1. The fourth-order valence-electron chi connectivity index (χ4n) is 10.5. The maximum atomic E-state index is 11.5. The first-order valence-corrected chi connectivity index (χ1v) is 26.4. The summed E-state index contributed by atoms with van der Waals surface area (Å²) in [6, 6.07) is 17.4. The Labute approximate surface area is 437 Å². The zero-order valence-electron chi connectivity index (χ0n) is 43.8. The third-order valence-electron chi connectivity index (χ3n) is 16.2. The lowest BCUT2D eigenvalue weighted by Crippen LogP contribution is -2.48. The molecule has 392 valence electrons. The average molecular weight is 1040 g/mol. The van der Waals surface area contributed by atoms with Gasteiger partial charge in [0.25, 0.3) is 0 Å². The molecule has 0 aromatic heterocycles. The minimum atomic E-state index is -0.705. The molecule has 0 radical (unpaired) electrons. The van der Waals surface area contributed by atoms with Gasteiger partial charge in [0, 0.05) is 35.5 Å². The minimum Gasteiger partial charge on any atom is -0.465 e. The zero-order valence-corrected chi connectivity index (χ0v) is 46.0. The number of carbonyl (C=O) groups is 3. The van der Waals surface area contributed by atoms with E-state index >= 15 is 0 Å². The van der Waals surface area contributed by atoms with Crippen molar-refractivity contribution < 1.29 is 52.6 Å². The molecular formula is C57H77Cl3O11. The third kappa shape index (κ3) is 12.5. The highest BCUT2D eigenvalue weighted by molar-refractivity contribution is 6.31. The van der Waals surface area contributed by atoms with Crippen molar-refractivity contribution in [1.29, 1.82) is 0 Å². The molecule has 0 bridgehead atoms. The van der Waals surface area contributed by atoms with Gasteiger partial charge in [0.1, 0.15) is 19.5 Å². The van der Waals surface area contributed by atoms with Gasteiger partial charge in [0.05, 0.1) is 51.4 Å². The fraction of sp³-hybridized carbons (Fsp3) is 0.632. The molecule has 3 saturated heterocycles. The highest BCUT2D eigenvalue weighted by Gasteiger charge is 2.59. The van der Waals surface area contributed by atoms with Gasteiger partial charge in [-0.15, -0.1) is 0 Å². The number of benzene rings is 3. The van der Waals surface area contributed by atoms with Crippen molar-refractivity contribution in [2.45, 2.75) is 204 Å². The highest BCUT2D eigenvalue weighted by Crippen LogP contribution is 2.52. The molecular weight excluding hydrogens is 967 g/mol. The molecule has 11 nitrogen and oxygen atoms in total. The summed E-state index contributed by atoms with van der Waals surface area (Å²) in [7, 11) is 0. The van der Waals surface area contributed by atoms with Gasteiger partial charge >= 0.3 is 11.9 Å². The van der Waals surface area contributed by atoms with Crippen LogP contribution >= 0.6 is 34.8 Å². The molecule has 14 heteroatoms. The van der Waals surface area contributed by atoms with Gasteiger partial charge < -0.3 is 43.1 Å². The molecule has 71 heavy (non-hydrogen) atoms. The molecule has 1 N–H and O–H groups in total. The van der Waals surface area contributed by atoms with Crippen molar-refractivity contribution in [1.82, 2.24) is 0 Å². The lowest BCUT2D eigenvalue weighted by atomic mass is 9.69. The molecule has 0 amide bonds. The Bertz CT molecular complexity index is 2330. The van der Waals surface area contributed by atoms with E-state index in [0.717, 1.165) is 96.6 Å². The van der Waals surface area contributed by atoms with Crippen LogP contribution in [0.3, 0.4) is 0 Å². The first-order chi connectivity index (χ1) is 33.3. The van der Waals surface area contributed by atoms with Crippen LogP contribution in [0.2, 0.25) is 15.1 Å². The van der Waals surface area contributed by atoms with Gasteiger partial charge in [-0.2, -0.15) is 0 Å². The lowest BCUT2D eigenvalue weighted by molar-refractivity contribution is -0.167. The standard InChI is InChI=1S/C20H27ClO4.C18H25ClO3.C14H15ClO3.C5H10O/c1-13(22)23-12-20(17-24-18(2,3)19(4,5)25-17)10-6-7-14-11-15(21)8-9-16(14)20;1-16(2)17(3,4)22-15(21-16)18(11-20)9-5-6-12-10-13(19)7-8-14(12)18;1-10(17)18-9-14(8-16)6-2-3-11-7-12(15)4-5-13(11)14;1-5-3-2-4-6-5/h8-9,11,17H,6-7,10,12H2,1-5H3;7-8,10,15,20H,5-6,9,11H2,1-4H3;4-5,7-8H,2-3,6,9H2,1H3;5H,2-4H2,1H3/t20-;18-;14-;/m000./s1. The molecule has 3 aliphatic carbocycles. The number of hydrogen-bond acceptors (Lipinski definition) is 11. The highest BCUT2D eigenvalue weighted by atomic mass is 35.5. The molecule has 6 aliphatic rings. The van der Waals surface area contributed by atoms with E-state index in [1.807, 2.05) is 104 Å². The van der Waals surface area contributed by atoms with Crippen LogP contribution in [0.1, 0.15) is 161 Å². The minimum absolute atomic E-state index is 0.0124. The number of aldehydes is 1. The number of esters is 2. The number of halogens is 3. The van der Waals surface area contributed by atoms with E-state index in [4.69, 9.17) is 68.0 Å². The van der Waals surface area contributed by atoms with Gasteiger partial charge in [-0.05, 0) is 203 Å². The van der Waals surface area contributed by atoms with Crippen molar-refractivity contribution in [3.63, 3.8) is 0 Å². The molecule has 3 heterocycles. The van der Waals surface area contributed by atoms with Crippen LogP contribution in [0.5, 0.6) is 0 Å². The number of aryl methyl sites for hydroxylation is 3. The number of ether oxygens (including phenoxy) is 7. The molecule has 3 aliphatic heterocycles. The molecule has 1 unspecified atom stereocenters. The van der Waals surface area contributed by atoms with Crippen molar-refractivity contribution in [2.24, 2.45) is 0 Å². The number of fused-ring (bicyclic) bond motifs is 3. The van der Waals surface area contributed by atoms with E-state index < -0.39 is 51.2 Å². The van der Waals surface area contributed by atoms with E-state index in [2.05, 4.69) is 6.92 Å². The van der Waals surface area contributed by atoms with Gasteiger partial charge in [0.2, 0.25) is 0 Å². The van der Waals surface area contributed by atoms with Crippen molar-refractivity contribution in [2.75, 3.05) is 26.4 Å². The predicted octanol–water partition coefficient (Wildman–Crippen LogP) is 12.1. The van der Waals surface area contributed by atoms with Crippen molar-refractivity contribution in [3.8, 4) is 0 Å². The summed E-state index contributed by atoms with van der Waals surface area (Å²) in [5, 5.41) is 12.4. The van der Waals surface area contributed by atoms with E-state index in [0.29, 0.717) is 17.5 Å². The van der Waals surface area contributed by atoms with Crippen molar-refractivity contribution in [3.05, 3.63) is 103 Å². The maximum Gasteiger partial charge on any atom is 0.302 e. The SMILES string of the molecule is CC(=O)OC[C@@]1(C2OC(C)(C)C(C)(C)O2)CCCc2cc(Cl)ccc21.CC(=O)OC[C@@]1(C=O)CCCc2cc(Cl)ccc21.CC1(C)OC([C@]2(CO)CCCc3cc(Cl)ccc32)OC1(C)C.CC1CCCO1. The van der Waals surface area contributed by atoms with Gasteiger partial charge in [-0.3, -0.25) is 9.59 Å². The monoisotopic (exact) mass is 1040 g/mol. The van der Waals surface area contributed by atoms with Crippen LogP contribution in [0.25, 0.3) is 0 Å². The van der Waals surface area contributed by atoms with E-state index in [1.165, 1.54) is 37.8 Å². The number of hydrogen-bond donors (Lipinski definition) is 1. The Hall–Kier alpha value is -3.10. The summed E-state index contributed by atoms with van der Waals surface area (Å²) >= 11 is 18.3. The summed E-state index contributed by atoms with van der Waals surface area (Å²) in [6.45, 7) is 22.6. The average Bonchev–Trinajstić information content (AvgIpc) is 3.95. The van der Waals surface area contributed by atoms with E-state index in [-0.39, 0.29) is 31.8 Å². The van der Waals surface area contributed by atoms with Crippen LogP contribution in [0, 0.1) is 0 Å². The van der Waals surface area contributed by atoms with Crippen LogP contribution in [0.4, 0.5) is 0 Å². The van der Waals surface area contributed by atoms with Gasteiger partial charge in [-0.25, -0.2) is 0 Å². The second-order valence-corrected chi connectivity index (χ2v) is 23.6. The Kier molecular flexibility index (Phi) is 18.4. The largest absolute Gasteiger partial charge is 0.465 e. The third-order valence-corrected chi connectivity index (χ3v) is 16.9. The number of aliphatic hydroxyl groups excluding tert-OH is 1. The van der Waals surface area contributed by atoms with Crippen LogP contribution in [-0.4, -0.2) is 90.8 Å². The molecule has 0 spiro atoms. The Morgan fingerprint density at radius 1 is 0.606 bits per heavy atom. The quantitative estimate of drug-likeness (QED) is 0.171. The van der Waals surface area contributed by atoms with Gasteiger partial charge in [-0.1, -0.05) is 53.0 Å². The fourth-order valence-corrected chi connectivity index (χ4v) is 11.1. The zero-order chi connectivity index (χ0) is 52.2. The van der Waals surface area contributed by atoms with E-state index in [9.17, 15) is 19.5 Å². The molecule has 3 aromatic rings. The first kappa shape index (κ1) is 57.2. The van der Waals surface area contributed by atoms with Crippen LogP contribution in [-0.2, 0) is 83.0 Å². The molecule has 9 rings (SSSR count). The molecule has 3 aromatic carbocycles. The van der Waals surface area contributed by atoms with Crippen LogP contribution in [0.15, 0.2) is 54.6 Å². The molecule has 0 saturated carbocycles. The Balaban J connectivity index is 0.000000166. The topological polar surface area (TPSA) is 136 Å². The maximum absolute atomic E-state index is 11.5. The summed E-state index contributed by atoms with van der Waals surface area (Å²) in [5.41, 5.74) is 3.21. The Morgan fingerprint density at radius 2 is 1.00 bits per heavy atom. The summed E-state index contributed by atoms with van der Waals surface area (Å²) in [4.78, 5) is 34.0. The normalized spacial score (nSPS) is 27.7. The van der Waals surface area contributed by atoms with Crippen molar-refractivity contribution >= 4 is 53.0 Å². The Morgan fingerprint density at radius 3 is 1.39 bits per heavy atom. The number of rotatable bonds is 8. The first-order valence-electron chi connectivity index (χ1n) is 25.3. The van der Waals surface area contributed by atoms with E-state index in [1.54, 1.807) is 6.07 Å². The second kappa shape index (κ2) is 22.8. The summed E-state index contributed by atoms with van der Waals surface area (Å²) in [6.07, 6.45) is 11.2. The predicted molar refractivity (Wildman–Crippen MR) is 277 cm³/mol. The molecule has 3 fully saturated rings. The molecule has 4 atom stereocenters. The lowest BCUT2D eigenvalue weighted by Gasteiger charge is -2.42. The summed E-state index contributed by atoms with van der Waals surface area (Å²) < 4.78 is 41.0. The summed E-state index contributed by atoms with van der Waals surface area (Å²) in [5.74, 6) is -0.658.